The van der Waals surface area contributed by atoms with Gasteiger partial charge in [-0.3, -0.25) is 9.69 Å². The van der Waals surface area contributed by atoms with Gasteiger partial charge in [0, 0.05) is 49.3 Å². The van der Waals surface area contributed by atoms with Gasteiger partial charge >= 0.3 is 0 Å². The first kappa shape index (κ1) is 16.7. The monoisotopic (exact) mass is 345 g/mol. The van der Waals surface area contributed by atoms with Crippen molar-refractivity contribution in [3.63, 3.8) is 0 Å². The van der Waals surface area contributed by atoms with Gasteiger partial charge in [-0.25, -0.2) is 9.97 Å². The number of benzene rings is 1. The Morgan fingerprint density at radius 1 is 1.12 bits per heavy atom. The highest BCUT2D eigenvalue weighted by Crippen LogP contribution is 2.16. The Morgan fingerprint density at radius 3 is 2.38 bits per heavy atom. The van der Waals surface area contributed by atoms with E-state index in [-0.39, 0.29) is 11.9 Å². The molecule has 0 unspecified atom stereocenters. The fourth-order valence-corrected chi connectivity index (χ4v) is 2.84. The Hall–Kier alpha value is -2.18. The highest BCUT2D eigenvalue weighted by atomic mass is 35.5. The number of piperazine rings is 1. The van der Waals surface area contributed by atoms with Gasteiger partial charge in [0.25, 0.3) is 0 Å². The second kappa shape index (κ2) is 7.59. The number of aromatic nitrogens is 2. The molecule has 6 nitrogen and oxygen atoms in total. The van der Waals surface area contributed by atoms with Crippen molar-refractivity contribution in [2.45, 2.75) is 13.0 Å². The summed E-state index contributed by atoms with van der Waals surface area (Å²) < 4.78 is 0. The lowest BCUT2D eigenvalue weighted by molar-refractivity contribution is -0.120. The molecule has 1 N–H and O–H groups in total. The maximum atomic E-state index is 12.4. The molecule has 0 saturated carbocycles. The highest BCUT2D eigenvalue weighted by Gasteiger charge is 2.26. The van der Waals surface area contributed by atoms with E-state index in [2.05, 4.69) is 25.1 Å². The fraction of sp³-hybridized carbons (Fsp3) is 0.353. The first-order valence-electron chi connectivity index (χ1n) is 7.96. The van der Waals surface area contributed by atoms with Gasteiger partial charge < -0.3 is 10.2 Å². The molecule has 0 spiro atoms. The Kier molecular flexibility index (Phi) is 5.27. The van der Waals surface area contributed by atoms with Crippen molar-refractivity contribution < 1.29 is 4.79 Å². The summed E-state index contributed by atoms with van der Waals surface area (Å²) in [6.07, 6.45) is 3.49. The molecule has 1 aromatic carbocycles. The Bertz CT molecular complexity index is 671. The van der Waals surface area contributed by atoms with E-state index in [1.165, 1.54) is 0 Å². The number of carbonyl (C=O) groups is 1. The molecule has 1 amide bonds. The molecule has 0 bridgehead atoms. The molecule has 126 valence electrons. The van der Waals surface area contributed by atoms with E-state index >= 15 is 0 Å². The molecule has 0 aliphatic carbocycles. The number of hydrogen-bond donors (Lipinski definition) is 1. The number of nitrogens with one attached hydrogen (secondary N) is 1. The van der Waals surface area contributed by atoms with E-state index < -0.39 is 0 Å². The molecule has 7 heteroatoms. The molecule has 1 saturated heterocycles. The maximum absolute atomic E-state index is 12.4. The van der Waals surface area contributed by atoms with Gasteiger partial charge in [-0.05, 0) is 37.3 Å². The third kappa shape index (κ3) is 4.01. The quantitative estimate of drug-likeness (QED) is 0.921. The van der Waals surface area contributed by atoms with Crippen LogP contribution in [-0.4, -0.2) is 53.0 Å². The largest absolute Gasteiger partial charge is 0.338 e. The summed E-state index contributed by atoms with van der Waals surface area (Å²) in [5.41, 5.74) is 0.757. The van der Waals surface area contributed by atoms with Gasteiger partial charge in [-0.15, -0.1) is 0 Å². The van der Waals surface area contributed by atoms with E-state index in [4.69, 9.17) is 11.6 Å². The Labute approximate surface area is 146 Å². The van der Waals surface area contributed by atoms with E-state index in [0.717, 1.165) is 37.8 Å². The van der Waals surface area contributed by atoms with E-state index in [9.17, 15) is 4.79 Å². The van der Waals surface area contributed by atoms with Crippen LogP contribution in [0.4, 0.5) is 11.6 Å². The minimum Gasteiger partial charge on any atom is -0.338 e. The molecular weight excluding hydrogens is 326 g/mol. The summed E-state index contributed by atoms with van der Waals surface area (Å²) in [5.74, 6) is 0.733. The molecule has 1 fully saturated rings. The smallest absolute Gasteiger partial charge is 0.241 e. The second-order valence-electron chi connectivity index (χ2n) is 5.74. The van der Waals surface area contributed by atoms with Crippen LogP contribution < -0.4 is 10.2 Å². The third-order valence-electron chi connectivity index (χ3n) is 4.19. The van der Waals surface area contributed by atoms with Crippen LogP contribution in [0.1, 0.15) is 6.92 Å². The normalized spacial score (nSPS) is 16.7. The summed E-state index contributed by atoms with van der Waals surface area (Å²) in [5, 5.41) is 3.58. The predicted molar refractivity (Wildman–Crippen MR) is 95.4 cm³/mol. The topological polar surface area (TPSA) is 61.4 Å². The number of hydrogen-bond acceptors (Lipinski definition) is 5. The molecular formula is C17H20ClN5O. The van der Waals surface area contributed by atoms with Gasteiger partial charge in [0.05, 0.1) is 6.04 Å². The van der Waals surface area contributed by atoms with Gasteiger partial charge in [0.2, 0.25) is 11.9 Å². The number of anilines is 2. The minimum atomic E-state index is -0.195. The molecule has 2 aromatic rings. The summed E-state index contributed by atoms with van der Waals surface area (Å²) in [6.45, 7) is 5.14. The minimum absolute atomic E-state index is 0.0123. The van der Waals surface area contributed by atoms with Crippen molar-refractivity contribution in [3.05, 3.63) is 47.7 Å². The first-order valence-corrected chi connectivity index (χ1v) is 8.34. The SMILES string of the molecule is C[C@@H](C(=O)Nc1ccc(Cl)cc1)N1CCN(c2ncccn2)CC1. The number of rotatable bonds is 4. The standard InChI is InChI=1S/C17H20ClN5O/c1-13(16(24)21-15-5-3-14(18)4-6-15)22-9-11-23(12-10-22)17-19-7-2-8-20-17/h2-8,13H,9-12H2,1H3,(H,21,24)/t13-/m0/s1. The van der Waals surface area contributed by atoms with Gasteiger partial charge in [0.15, 0.2) is 0 Å². The molecule has 1 aromatic heterocycles. The highest BCUT2D eigenvalue weighted by molar-refractivity contribution is 6.30. The predicted octanol–water partition coefficient (Wildman–Crippen LogP) is 2.28. The summed E-state index contributed by atoms with van der Waals surface area (Å²) in [7, 11) is 0. The lowest BCUT2D eigenvalue weighted by atomic mass is 10.2. The number of halogens is 1. The number of carbonyl (C=O) groups excluding carboxylic acids is 1. The first-order chi connectivity index (χ1) is 11.6. The van der Waals surface area contributed by atoms with Crippen molar-refractivity contribution >= 4 is 29.1 Å². The van der Waals surface area contributed by atoms with Gasteiger partial charge in [-0.2, -0.15) is 0 Å². The van der Waals surface area contributed by atoms with Crippen LogP contribution in [0.5, 0.6) is 0 Å². The van der Waals surface area contributed by atoms with Crippen molar-refractivity contribution in [3.8, 4) is 0 Å². The van der Waals surface area contributed by atoms with Crippen molar-refractivity contribution in [2.75, 3.05) is 36.4 Å². The molecule has 1 aliphatic rings. The van der Waals surface area contributed by atoms with Crippen molar-refractivity contribution in [2.24, 2.45) is 0 Å². The zero-order valence-electron chi connectivity index (χ0n) is 13.5. The van der Waals surface area contributed by atoms with Crippen LogP contribution in [-0.2, 0) is 4.79 Å². The number of nitrogens with zero attached hydrogens (tertiary/aromatic N) is 4. The zero-order chi connectivity index (χ0) is 16.9. The van der Waals surface area contributed by atoms with E-state index in [1.54, 1.807) is 36.7 Å². The maximum Gasteiger partial charge on any atom is 0.241 e. The van der Waals surface area contributed by atoms with Crippen LogP contribution in [0.15, 0.2) is 42.7 Å². The van der Waals surface area contributed by atoms with Crippen LogP contribution >= 0.6 is 11.6 Å². The van der Waals surface area contributed by atoms with Crippen molar-refractivity contribution in [1.82, 2.24) is 14.9 Å². The summed E-state index contributed by atoms with van der Waals surface area (Å²) in [6, 6.07) is 8.75. The summed E-state index contributed by atoms with van der Waals surface area (Å²) >= 11 is 5.86. The molecule has 0 radical (unpaired) electrons. The third-order valence-corrected chi connectivity index (χ3v) is 4.44. The summed E-state index contributed by atoms with van der Waals surface area (Å²) in [4.78, 5) is 25.3. The molecule has 1 atom stereocenters. The molecule has 2 heterocycles. The van der Waals surface area contributed by atoms with Crippen LogP contribution in [0, 0.1) is 0 Å². The van der Waals surface area contributed by atoms with Gasteiger partial charge in [-0.1, -0.05) is 11.6 Å². The average molecular weight is 346 g/mol. The zero-order valence-corrected chi connectivity index (χ0v) is 14.3. The van der Waals surface area contributed by atoms with E-state index in [1.807, 2.05) is 13.0 Å². The fourth-order valence-electron chi connectivity index (χ4n) is 2.71. The Morgan fingerprint density at radius 2 is 1.75 bits per heavy atom. The lowest BCUT2D eigenvalue weighted by Crippen LogP contribution is -2.53. The van der Waals surface area contributed by atoms with Crippen molar-refractivity contribution in [1.29, 1.82) is 0 Å². The number of amides is 1. The van der Waals surface area contributed by atoms with Gasteiger partial charge in [0.1, 0.15) is 0 Å². The average Bonchev–Trinajstić information content (AvgIpc) is 2.64. The van der Waals surface area contributed by atoms with E-state index in [0.29, 0.717) is 5.02 Å². The molecule has 3 rings (SSSR count). The molecule has 1 aliphatic heterocycles. The lowest BCUT2D eigenvalue weighted by Gasteiger charge is -2.37. The Balaban J connectivity index is 1.53. The second-order valence-corrected chi connectivity index (χ2v) is 6.18. The van der Waals surface area contributed by atoms with Crippen LogP contribution in [0.25, 0.3) is 0 Å². The van der Waals surface area contributed by atoms with Crippen LogP contribution in [0.2, 0.25) is 5.02 Å². The molecule has 24 heavy (non-hydrogen) atoms. The van der Waals surface area contributed by atoms with Crippen LogP contribution in [0.3, 0.4) is 0 Å².